The van der Waals surface area contributed by atoms with Crippen molar-refractivity contribution in [2.45, 2.75) is 38.8 Å². The van der Waals surface area contributed by atoms with Gasteiger partial charge in [0, 0.05) is 43.4 Å². The SMILES string of the molecule is CCn1nc(-c2cccnc2)cc1OCCCC(=O)N[C@@H](Cc1ccccc1)C(N)=O. The van der Waals surface area contributed by atoms with E-state index in [0.717, 1.165) is 16.8 Å². The van der Waals surface area contributed by atoms with E-state index in [0.29, 0.717) is 31.9 Å². The van der Waals surface area contributed by atoms with Gasteiger partial charge in [0.1, 0.15) is 6.04 Å². The second kappa shape index (κ2) is 10.9. The lowest BCUT2D eigenvalue weighted by Crippen LogP contribution is -2.45. The van der Waals surface area contributed by atoms with Crippen LogP contribution in [0.25, 0.3) is 11.3 Å². The van der Waals surface area contributed by atoms with Crippen LogP contribution in [-0.2, 0) is 22.6 Å². The molecule has 162 valence electrons. The Balaban J connectivity index is 1.48. The molecule has 3 N–H and O–H groups in total. The van der Waals surface area contributed by atoms with Crippen molar-refractivity contribution in [2.75, 3.05) is 6.61 Å². The average molecular weight is 422 g/mol. The van der Waals surface area contributed by atoms with Crippen molar-refractivity contribution in [3.63, 3.8) is 0 Å². The van der Waals surface area contributed by atoms with E-state index in [1.54, 1.807) is 17.1 Å². The van der Waals surface area contributed by atoms with E-state index < -0.39 is 11.9 Å². The van der Waals surface area contributed by atoms with Crippen molar-refractivity contribution < 1.29 is 14.3 Å². The Morgan fingerprint density at radius 1 is 1.19 bits per heavy atom. The third-order valence-electron chi connectivity index (χ3n) is 4.76. The summed E-state index contributed by atoms with van der Waals surface area (Å²) in [6.07, 6.45) is 4.56. The molecule has 0 aliphatic carbocycles. The lowest BCUT2D eigenvalue weighted by atomic mass is 10.1. The maximum absolute atomic E-state index is 12.3. The van der Waals surface area contributed by atoms with E-state index in [2.05, 4.69) is 15.4 Å². The number of primary amides is 1. The molecule has 8 heteroatoms. The fourth-order valence-corrected chi connectivity index (χ4v) is 3.15. The zero-order chi connectivity index (χ0) is 22.1. The summed E-state index contributed by atoms with van der Waals surface area (Å²) in [5.74, 6) is -0.146. The number of pyridine rings is 1. The number of nitrogens with zero attached hydrogens (tertiary/aromatic N) is 3. The molecule has 0 bridgehead atoms. The largest absolute Gasteiger partial charge is 0.478 e. The lowest BCUT2D eigenvalue weighted by Gasteiger charge is -2.15. The van der Waals surface area contributed by atoms with Gasteiger partial charge in [-0.3, -0.25) is 14.6 Å². The Labute approximate surface area is 181 Å². The van der Waals surface area contributed by atoms with Gasteiger partial charge in [-0.05, 0) is 31.0 Å². The molecule has 2 aromatic heterocycles. The predicted molar refractivity (Wildman–Crippen MR) is 117 cm³/mol. The van der Waals surface area contributed by atoms with Crippen LogP contribution in [0.5, 0.6) is 5.88 Å². The van der Waals surface area contributed by atoms with Gasteiger partial charge in [0.15, 0.2) is 0 Å². The summed E-state index contributed by atoms with van der Waals surface area (Å²) >= 11 is 0. The third-order valence-corrected chi connectivity index (χ3v) is 4.76. The molecule has 0 saturated carbocycles. The van der Waals surface area contributed by atoms with Crippen molar-refractivity contribution in [3.05, 3.63) is 66.5 Å². The number of carbonyl (C=O) groups excluding carboxylic acids is 2. The number of amides is 2. The smallest absolute Gasteiger partial charge is 0.240 e. The Hall–Kier alpha value is -3.68. The molecule has 8 nitrogen and oxygen atoms in total. The molecule has 3 rings (SSSR count). The zero-order valence-corrected chi connectivity index (χ0v) is 17.5. The number of benzene rings is 1. The molecule has 0 unspecified atom stereocenters. The highest BCUT2D eigenvalue weighted by Gasteiger charge is 2.18. The molecule has 0 aliphatic heterocycles. The summed E-state index contributed by atoms with van der Waals surface area (Å²) in [4.78, 5) is 28.1. The summed E-state index contributed by atoms with van der Waals surface area (Å²) in [5.41, 5.74) is 8.09. The number of hydrogen-bond donors (Lipinski definition) is 2. The first-order valence-electron chi connectivity index (χ1n) is 10.3. The van der Waals surface area contributed by atoms with E-state index >= 15 is 0 Å². The molecule has 31 heavy (non-hydrogen) atoms. The predicted octanol–water partition coefficient (Wildman–Crippen LogP) is 2.34. The van der Waals surface area contributed by atoms with Crippen LogP contribution in [0.2, 0.25) is 0 Å². The minimum Gasteiger partial charge on any atom is -0.478 e. The summed E-state index contributed by atoms with van der Waals surface area (Å²) in [5, 5.41) is 7.25. The molecular weight excluding hydrogens is 394 g/mol. The maximum atomic E-state index is 12.3. The normalized spacial score (nSPS) is 11.6. The molecule has 0 aliphatic rings. The van der Waals surface area contributed by atoms with Crippen molar-refractivity contribution in [1.82, 2.24) is 20.1 Å². The van der Waals surface area contributed by atoms with E-state index in [-0.39, 0.29) is 12.3 Å². The number of ether oxygens (including phenoxy) is 1. The van der Waals surface area contributed by atoms with Crippen LogP contribution in [-0.4, -0.2) is 39.2 Å². The summed E-state index contributed by atoms with van der Waals surface area (Å²) < 4.78 is 7.61. The van der Waals surface area contributed by atoms with Crippen LogP contribution >= 0.6 is 0 Å². The van der Waals surface area contributed by atoms with E-state index in [9.17, 15) is 9.59 Å². The summed E-state index contributed by atoms with van der Waals surface area (Å²) in [7, 11) is 0. The molecule has 1 aromatic carbocycles. The fraction of sp³-hybridized carbons (Fsp3) is 0.304. The molecule has 0 saturated heterocycles. The maximum Gasteiger partial charge on any atom is 0.240 e. The van der Waals surface area contributed by atoms with Crippen molar-refractivity contribution in [1.29, 1.82) is 0 Å². The minimum atomic E-state index is -0.737. The van der Waals surface area contributed by atoms with Gasteiger partial charge in [-0.1, -0.05) is 30.3 Å². The Kier molecular flexibility index (Phi) is 7.75. The molecule has 2 amide bonds. The third kappa shape index (κ3) is 6.40. The van der Waals surface area contributed by atoms with Gasteiger partial charge in [-0.2, -0.15) is 5.10 Å². The molecule has 1 atom stereocenters. The highest BCUT2D eigenvalue weighted by Crippen LogP contribution is 2.22. The number of carbonyl (C=O) groups is 2. The number of nitrogens with two attached hydrogens (primary N) is 1. The Bertz CT molecular complexity index is 989. The van der Waals surface area contributed by atoms with Gasteiger partial charge in [0.05, 0.1) is 12.3 Å². The van der Waals surface area contributed by atoms with Gasteiger partial charge >= 0.3 is 0 Å². The number of rotatable bonds is 11. The van der Waals surface area contributed by atoms with Crippen LogP contribution in [0.3, 0.4) is 0 Å². The van der Waals surface area contributed by atoms with Crippen LogP contribution in [0, 0.1) is 0 Å². The first-order valence-corrected chi connectivity index (χ1v) is 10.3. The zero-order valence-electron chi connectivity index (χ0n) is 17.5. The lowest BCUT2D eigenvalue weighted by molar-refractivity contribution is -0.127. The number of nitrogens with one attached hydrogen (secondary N) is 1. The Morgan fingerprint density at radius 3 is 2.68 bits per heavy atom. The monoisotopic (exact) mass is 421 g/mol. The van der Waals surface area contributed by atoms with E-state index in [1.165, 1.54) is 0 Å². The number of hydrogen-bond acceptors (Lipinski definition) is 5. The molecular formula is C23H27N5O3. The highest BCUT2D eigenvalue weighted by molar-refractivity contribution is 5.86. The molecule has 3 aromatic rings. The van der Waals surface area contributed by atoms with Crippen molar-refractivity contribution in [3.8, 4) is 17.1 Å². The quantitative estimate of drug-likeness (QED) is 0.462. The number of aromatic nitrogens is 3. The number of aryl methyl sites for hydroxylation is 1. The minimum absolute atomic E-state index is 0.230. The van der Waals surface area contributed by atoms with Crippen LogP contribution in [0.4, 0.5) is 0 Å². The summed E-state index contributed by atoms with van der Waals surface area (Å²) in [6, 6.07) is 14.4. The van der Waals surface area contributed by atoms with Gasteiger partial charge in [-0.15, -0.1) is 0 Å². The van der Waals surface area contributed by atoms with Crippen LogP contribution in [0.15, 0.2) is 60.9 Å². The van der Waals surface area contributed by atoms with Crippen molar-refractivity contribution in [2.24, 2.45) is 5.73 Å². The topological polar surface area (TPSA) is 112 Å². The first kappa shape index (κ1) is 22.0. The van der Waals surface area contributed by atoms with Crippen LogP contribution in [0.1, 0.15) is 25.3 Å². The van der Waals surface area contributed by atoms with Gasteiger partial charge < -0.3 is 15.8 Å². The fourth-order valence-electron chi connectivity index (χ4n) is 3.15. The van der Waals surface area contributed by atoms with Gasteiger partial charge in [0.2, 0.25) is 17.7 Å². The molecule has 0 radical (unpaired) electrons. The van der Waals surface area contributed by atoms with E-state index in [4.69, 9.17) is 10.5 Å². The molecule has 0 spiro atoms. The highest BCUT2D eigenvalue weighted by atomic mass is 16.5. The van der Waals surface area contributed by atoms with Gasteiger partial charge in [0.25, 0.3) is 0 Å². The second-order valence-electron chi connectivity index (χ2n) is 7.09. The average Bonchev–Trinajstić information content (AvgIpc) is 3.21. The molecule has 0 fully saturated rings. The van der Waals surface area contributed by atoms with Crippen molar-refractivity contribution >= 4 is 11.8 Å². The summed E-state index contributed by atoms with van der Waals surface area (Å²) in [6.45, 7) is 3.00. The second-order valence-corrected chi connectivity index (χ2v) is 7.09. The standard InChI is InChI=1S/C23H27N5O3/c1-2-28-22(15-19(27-28)18-10-6-12-25-16-18)31-13-7-11-21(29)26-20(23(24)30)14-17-8-4-3-5-9-17/h3-6,8-10,12,15-16,20H,2,7,11,13-14H2,1H3,(H2,24,30)(H,26,29)/t20-/m0/s1. The Morgan fingerprint density at radius 2 is 2.00 bits per heavy atom. The first-order chi connectivity index (χ1) is 15.1. The molecule has 2 heterocycles. The van der Waals surface area contributed by atoms with Crippen LogP contribution < -0.4 is 15.8 Å². The van der Waals surface area contributed by atoms with Gasteiger partial charge in [-0.25, -0.2) is 4.68 Å². The van der Waals surface area contributed by atoms with E-state index in [1.807, 2.05) is 55.5 Å².